The molecule has 0 fully saturated rings. The van der Waals surface area contributed by atoms with Crippen molar-refractivity contribution in [2.75, 3.05) is 7.05 Å². The van der Waals surface area contributed by atoms with E-state index >= 15 is 0 Å². The Hall–Kier alpha value is -2.69. The number of nitrogens with one attached hydrogen (secondary N) is 1. The van der Waals surface area contributed by atoms with Gasteiger partial charge in [-0.2, -0.15) is 0 Å². The fourth-order valence-corrected chi connectivity index (χ4v) is 3.17. The number of benzene rings is 2. The Morgan fingerprint density at radius 1 is 1.07 bits per heavy atom. The number of nitrogens with zero attached hydrogens (tertiary/aromatic N) is 1. The van der Waals surface area contributed by atoms with Crippen LogP contribution in [0.1, 0.15) is 50.8 Å². The molecule has 156 valence electrons. The fourth-order valence-electron chi connectivity index (χ4n) is 3.17. The van der Waals surface area contributed by atoms with E-state index in [-0.39, 0.29) is 36.0 Å². The number of rotatable bonds is 7. The van der Waals surface area contributed by atoms with Gasteiger partial charge in [0.2, 0.25) is 11.8 Å². The highest BCUT2D eigenvalue weighted by atomic mass is 19.1. The maximum Gasteiger partial charge on any atom is 0.242 e. The standard InChI is InChI=1S/C24H31FN2O2/c1-17(23(29)26-5)27(16-19-8-6-7-9-21(19)25)22(28)15-12-18-10-13-20(14-11-18)24(2,3)4/h6-11,13-14,17H,12,15-16H2,1-5H3,(H,26,29). The number of amides is 2. The van der Waals surface area contributed by atoms with E-state index in [9.17, 15) is 14.0 Å². The molecule has 0 saturated carbocycles. The molecule has 2 aromatic rings. The topological polar surface area (TPSA) is 49.4 Å². The second kappa shape index (κ2) is 9.68. The molecule has 0 aliphatic carbocycles. The normalized spacial score (nSPS) is 12.3. The third kappa shape index (κ3) is 6.14. The molecule has 2 rings (SSSR count). The summed E-state index contributed by atoms with van der Waals surface area (Å²) in [4.78, 5) is 26.5. The minimum atomic E-state index is -0.685. The highest BCUT2D eigenvalue weighted by molar-refractivity contribution is 5.87. The molecule has 1 unspecified atom stereocenters. The monoisotopic (exact) mass is 398 g/mol. The van der Waals surface area contributed by atoms with Crippen LogP contribution in [-0.2, 0) is 28.0 Å². The summed E-state index contributed by atoms with van der Waals surface area (Å²) in [6, 6.07) is 13.9. The Labute approximate surface area is 173 Å². The molecular formula is C24H31FN2O2. The minimum absolute atomic E-state index is 0.0586. The number of carbonyl (C=O) groups is 2. The molecule has 0 radical (unpaired) electrons. The van der Waals surface area contributed by atoms with Gasteiger partial charge in [0, 0.05) is 25.6 Å². The average molecular weight is 399 g/mol. The molecule has 5 heteroatoms. The maximum absolute atomic E-state index is 14.1. The smallest absolute Gasteiger partial charge is 0.242 e. The number of aryl methyl sites for hydroxylation is 1. The Balaban J connectivity index is 2.12. The molecule has 0 aromatic heterocycles. The van der Waals surface area contributed by atoms with Crippen LogP contribution in [0.25, 0.3) is 0 Å². The molecule has 29 heavy (non-hydrogen) atoms. The molecule has 0 aliphatic heterocycles. The van der Waals surface area contributed by atoms with Crippen molar-refractivity contribution in [3.05, 3.63) is 71.0 Å². The lowest BCUT2D eigenvalue weighted by molar-refractivity contribution is -0.140. The maximum atomic E-state index is 14.1. The predicted molar refractivity (Wildman–Crippen MR) is 114 cm³/mol. The predicted octanol–water partition coefficient (Wildman–Crippen LogP) is 4.22. The third-order valence-corrected chi connectivity index (χ3v) is 5.16. The molecule has 2 aromatic carbocycles. The van der Waals surface area contributed by atoms with E-state index < -0.39 is 6.04 Å². The number of hydrogen-bond donors (Lipinski definition) is 1. The molecule has 2 amide bonds. The molecule has 1 atom stereocenters. The van der Waals surface area contributed by atoms with Gasteiger partial charge >= 0.3 is 0 Å². The van der Waals surface area contributed by atoms with Gasteiger partial charge in [-0.1, -0.05) is 63.2 Å². The Bertz CT molecular complexity index is 841. The van der Waals surface area contributed by atoms with Crippen LogP contribution in [-0.4, -0.2) is 29.8 Å². The van der Waals surface area contributed by atoms with Crippen molar-refractivity contribution in [1.29, 1.82) is 0 Å². The van der Waals surface area contributed by atoms with Crippen molar-refractivity contribution in [3.63, 3.8) is 0 Å². The molecule has 1 N–H and O–H groups in total. The summed E-state index contributed by atoms with van der Waals surface area (Å²) in [7, 11) is 1.53. The van der Waals surface area contributed by atoms with E-state index in [1.165, 1.54) is 23.6 Å². The first kappa shape index (κ1) is 22.6. The summed E-state index contributed by atoms with van der Waals surface area (Å²) in [5.41, 5.74) is 2.77. The number of likely N-dealkylation sites (N-methyl/N-ethyl adjacent to an activating group) is 1. The van der Waals surface area contributed by atoms with Crippen LogP contribution in [0.4, 0.5) is 4.39 Å². The largest absolute Gasteiger partial charge is 0.357 e. The summed E-state index contributed by atoms with van der Waals surface area (Å²) < 4.78 is 14.1. The summed E-state index contributed by atoms with van der Waals surface area (Å²) in [6.07, 6.45) is 0.822. The Kier molecular flexibility index (Phi) is 7.54. The number of hydrogen-bond acceptors (Lipinski definition) is 2. The molecule has 0 heterocycles. The fraction of sp³-hybridized carbons (Fsp3) is 0.417. The Morgan fingerprint density at radius 2 is 1.69 bits per heavy atom. The van der Waals surface area contributed by atoms with E-state index in [1.54, 1.807) is 25.1 Å². The lowest BCUT2D eigenvalue weighted by Gasteiger charge is -2.28. The van der Waals surface area contributed by atoms with Gasteiger partial charge in [0.25, 0.3) is 0 Å². The summed E-state index contributed by atoms with van der Waals surface area (Å²) >= 11 is 0. The SMILES string of the molecule is CNC(=O)C(C)N(Cc1ccccc1F)C(=O)CCc1ccc(C(C)(C)C)cc1. The van der Waals surface area contributed by atoms with Crippen molar-refractivity contribution in [2.45, 2.75) is 58.5 Å². The van der Waals surface area contributed by atoms with E-state index in [0.717, 1.165) is 5.56 Å². The second-order valence-corrected chi connectivity index (χ2v) is 8.35. The van der Waals surface area contributed by atoms with E-state index in [0.29, 0.717) is 12.0 Å². The van der Waals surface area contributed by atoms with Crippen LogP contribution in [0.2, 0.25) is 0 Å². The molecule has 0 saturated heterocycles. The van der Waals surface area contributed by atoms with E-state index in [2.05, 4.69) is 38.2 Å². The first-order valence-corrected chi connectivity index (χ1v) is 9.97. The summed E-state index contributed by atoms with van der Waals surface area (Å²) in [5.74, 6) is -0.833. The second-order valence-electron chi connectivity index (χ2n) is 8.35. The molecule has 0 aliphatic rings. The number of carbonyl (C=O) groups excluding carboxylic acids is 2. The van der Waals surface area contributed by atoms with Gasteiger partial charge in [-0.25, -0.2) is 4.39 Å². The van der Waals surface area contributed by atoms with Crippen LogP contribution in [0.15, 0.2) is 48.5 Å². The van der Waals surface area contributed by atoms with Gasteiger partial charge < -0.3 is 10.2 Å². The first-order valence-electron chi connectivity index (χ1n) is 9.97. The quantitative estimate of drug-likeness (QED) is 0.759. The number of halogens is 1. The minimum Gasteiger partial charge on any atom is -0.357 e. The van der Waals surface area contributed by atoms with E-state index in [4.69, 9.17) is 0 Å². The van der Waals surface area contributed by atoms with Gasteiger partial charge in [-0.3, -0.25) is 9.59 Å². The van der Waals surface area contributed by atoms with Crippen molar-refractivity contribution in [2.24, 2.45) is 0 Å². The lowest BCUT2D eigenvalue weighted by Crippen LogP contribution is -2.46. The Morgan fingerprint density at radius 3 is 2.24 bits per heavy atom. The van der Waals surface area contributed by atoms with Crippen LogP contribution in [0.3, 0.4) is 0 Å². The zero-order valence-corrected chi connectivity index (χ0v) is 18.0. The van der Waals surface area contributed by atoms with Crippen molar-refractivity contribution in [1.82, 2.24) is 10.2 Å². The zero-order chi connectivity index (χ0) is 21.6. The van der Waals surface area contributed by atoms with E-state index in [1.807, 2.05) is 12.1 Å². The van der Waals surface area contributed by atoms with Crippen LogP contribution >= 0.6 is 0 Å². The first-order chi connectivity index (χ1) is 13.6. The van der Waals surface area contributed by atoms with Gasteiger partial charge in [-0.05, 0) is 36.0 Å². The zero-order valence-electron chi connectivity index (χ0n) is 18.0. The summed E-state index contributed by atoms with van der Waals surface area (Å²) in [6.45, 7) is 8.20. The molecular weight excluding hydrogens is 367 g/mol. The van der Waals surface area contributed by atoms with Crippen LogP contribution in [0, 0.1) is 5.82 Å². The molecule has 0 bridgehead atoms. The van der Waals surface area contributed by atoms with Crippen molar-refractivity contribution < 1.29 is 14.0 Å². The van der Waals surface area contributed by atoms with Gasteiger partial charge in [-0.15, -0.1) is 0 Å². The van der Waals surface area contributed by atoms with Gasteiger partial charge in [0.15, 0.2) is 0 Å². The highest BCUT2D eigenvalue weighted by Gasteiger charge is 2.26. The lowest BCUT2D eigenvalue weighted by atomic mass is 9.86. The van der Waals surface area contributed by atoms with Crippen LogP contribution < -0.4 is 5.32 Å². The highest BCUT2D eigenvalue weighted by Crippen LogP contribution is 2.23. The van der Waals surface area contributed by atoms with Crippen molar-refractivity contribution >= 4 is 11.8 Å². The van der Waals surface area contributed by atoms with Gasteiger partial charge in [0.05, 0.1) is 0 Å². The van der Waals surface area contributed by atoms with Gasteiger partial charge in [0.1, 0.15) is 11.9 Å². The molecule has 0 spiro atoms. The van der Waals surface area contributed by atoms with Crippen molar-refractivity contribution in [3.8, 4) is 0 Å². The average Bonchev–Trinajstić information content (AvgIpc) is 2.70. The molecule has 4 nitrogen and oxygen atoms in total. The van der Waals surface area contributed by atoms with Crippen LogP contribution in [0.5, 0.6) is 0 Å². The summed E-state index contributed by atoms with van der Waals surface area (Å²) in [5, 5.41) is 2.57. The third-order valence-electron chi connectivity index (χ3n) is 5.16.